The van der Waals surface area contributed by atoms with E-state index in [1.165, 1.54) is 18.6 Å². The van der Waals surface area contributed by atoms with Crippen molar-refractivity contribution in [2.24, 2.45) is 0 Å². The van der Waals surface area contributed by atoms with Crippen LogP contribution in [0.15, 0.2) is 35.2 Å². The molecule has 2 N–H and O–H groups in total. The molecule has 0 unspecified atom stereocenters. The summed E-state index contributed by atoms with van der Waals surface area (Å²) < 4.78 is 14.4. The summed E-state index contributed by atoms with van der Waals surface area (Å²) in [6.07, 6.45) is 4.35. The SMILES string of the molecule is Cc1ccc(C(=O)Nc2c[nH]c3ncc(Br)c(F)c23)cn1. The van der Waals surface area contributed by atoms with Gasteiger partial charge in [0.15, 0.2) is 5.82 Å². The third-order valence-electron chi connectivity index (χ3n) is 3.02. The molecule has 0 spiro atoms. The van der Waals surface area contributed by atoms with E-state index < -0.39 is 5.82 Å². The summed E-state index contributed by atoms with van der Waals surface area (Å²) >= 11 is 3.08. The average molecular weight is 349 g/mol. The van der Waals surface area contributed by atoms with E-state index >= 15 is 0 Å². The average Bonchev–Trinajstić information content (AvgIpc) is 2.87. The van der Waals surface area contributed by atoms with Crippen molar-refractivity contribution in [3.63, 3.8) is 0 Å². The highest BCUT2D eigenvalue weighted by atomic mass is 79.9. The van der Waals surface area contributed by atoms with Crippen LogP contribution in [0.5, 0.6) is 0 Å². The van der Waals surface area contributed by atoms with Crippen LogP contribution in [0.25, 0.3) is 11.0 Å². The van der Waals surface area contributed by atoms with Gasteiger partial charge in [-0.05, 0) is 35.0 Å². The van der Waals surface area contributed by atoms with Gasteiger partial charge in [0.2, 0.25) is 0 Å². The van der Waals surface area contributed by atoms with Crippen LogP contribution in [-0.4, -0.2) is 20.9 Å². The van der Waals surface area contributed by atoms with Crippen LogP contribution in [0, 0.1) is 12.7 Å². The van der Waals surface area contributed by atoms with Crippen LogP contribution >= 0.6 is 15.9 Å². The Morgan fingerprint density at radius 3 is 2.86 bits per heavy atom. The van der Waals surface area contributed by atoms with Gasteiger partial charge in [-0.2, -0.15) is 0 Å². The molecule has 3 rings (SSSR count). The molecule has 3 aromatic rings. The van der Waals surface area contributed by atoms with Gasteiger partial charge in [0.05, 0.1) is 21.1 Å². The van der Waals surface area contributed by atoms with Gasteiger partial charge in [0, 0.05) is 24.3 Å². The van der Waals surface area contributed by atoms with E-state index in [-0.39, 0.29) is 15.8 Å². The summed E-state index contributed by atoms with van der Waals surface area (Å²) in [5, 5.41) is 2.89. The fourth-order valence-electron chi connectivity index (χ4n) is 1.93. The first-order valence-electron chi connectivity index (χ1n) is 6.11. The summed E-state index contributed by atoms with van der Waals surface area (Å²) in [6, 6.07) is 3.40. The maximum atomic E-state index is 14.1. The molecule has 21 heavy (non-hydrogen) atoms. The Labute approximate surface area is 127 Å². The number of rotatable bonds is 2. The first-order chi connectivity index (χ1) is 10.1. The van der Waals surface area contributed by atoms with Crippen LogP contribution < -0.4 is 5.32 Å². The van der Waals surface area contributed by atoms with Crippen molar-refractivity contribution in [2.45, 2.75) is 6.92 Å². The Balaban J connectivity index is 1.96. The Kier molecular flexibility index (Phi) is 3.42. The lowest BCUT2D eigenvalue weighted by Crippen LogP contribution is -2.12. The van der Waals surface area contributed by atoms with Crippen LogP contribution in [0.4, 0.5) is 10.1 Å². The van der Waals surface area contributed by atoms with E-state index in [0.29, 0.717) is 16.9 Å². The quantitative estimate of drug-likeness (QED) is 0.745. The third kappa shape index (κ3) is 2.52. The molecule has 3 aromatic heterocycles. The van der Waals surface area contributed by atoms with Gasteiger partial charge in [-0.15, -0.1) is 0 Å². The van der Waals surface area contributed by atoms with Gasteiger partial charge in [-0.1, -0.05) is 0 Å². The van der Waals surface area contributed by atoms with Crippen LogP contribution in [0.2, 0.25) is 0 Å². The Morgan fingerprint density at radius 2 is 2.14 bits per heavy atom. The molecule has 7 heteroatoms. The van der Waals surface area contributed by atoms with Crippen LogP contribution in [-0.2, 0) is 0 Å². The van der Waals surface area contributed by atoms with E-state index in [1.807, 2.05) is 6.92 Å². The number of amides is 1. The minimum Gasteiger partial charge on any atom is -0.344 e. The van der Waals surface area contributed by atoms with E-state index in [4.69, 9.17) is 0 Å². The molecule has 0 atom stereocenters. The molecule has 0 fully saturated rings. The summed E-state index contributed by atoms with van der Waals surface area (Å²) in [5.74, 6) is -0.832. The Hall–Kier alpha value is -2.28. The predicted octanol–water partition coefficient (Wildman–Crippen LogP) is 3.42. The van der Waals surface area contributed by atoms with Crippen LogP contribution in [0.1, 0.15) is 16.1 Å². The normalized spacial score (nSPS) is 10.8. The zero-order valence-corrected chi connectivity index (χ0v) is 12.5. The molecule has 0 aromatic carbocycles. The van der Waals surface area contributed by atoms with E-state index in [9.17, 15) is 9.18 Å². The summed E-state index contributed by atoms with van der Waals surface area (Å²) in [4.78, 5) is 23.1. The zero-order chi connectivity index (χ0) is 15.0. The van der Waals surface area contributed by atoms with Crippen molar-refractivity contribution in [1.29, 1.82) is 0 Å². The van der Waals surface area contributed by atoms with E-state index in [1.54, 1.807) is 12.1 Å². The Bertz CT molecular complexity index is 829. The van der Waals surface area contributed by atoms with Gasteiger partial charge >= 0.3 is 0 Å². The lowest BCUT2D eigenvalue weighted by Gasteiger charge is -2.04. The number of carbonyl (C=O) groups excluding carboxylic acids is 1. The largest absolute Gasteiger partial charge is 0.344 e. The summed E-state index contributed by atoms with van der Waals surface area (Å²) in [7, 11) is 0. The minimum atomic E-state index is -0.474. The van der Waals surface area contributed by atoms with Crippen molar-refractivity contribution < 1.29 is 9.18 Å². The molecule has 106 valence electrons. The summed E-state index contributed by atoms with van der Waals surface area (Å²) in [5.41, 5.74) is 1.92. The van der Waals surface area contributed by atoms with E-state index in [2.05, 4.69) is 36.2 Å². The number of fused-ring (bicyclic) bond motifs is 1. The molecule has 1 amide bonds. The maximum absolute atomic E-state index is 14.1. The molecule has 0 aliphatic rings. The molecule has 0 saturated carbocycles. The first-order valence-corrected chi connectivity index (χ1v) is 6.90. The number of pyridine rings is 2. The highest BCUT2D eigenvalue weighted by Gasteiger charge is 2.15. The molecule has 3 heterocycles. The lowest BCUT2D eigenvalue weighted by molar-refractivity contribution is 0.102. The molecule has 0 radical (unpaired) electrons. The van der Waals surface area contributed by atoms with Crippen molar-refractivity contribution in [3.8, 4) is 0 Å². The number of nitrogens with zero attached hydrogens (tertiary/aromatic N) is 2. The van der Waals surface area contributed by atoms with Gasteiger partial charge in [-0.3, -0.25) is 9.78 Å². The monoisotopic (exact) mass is 348 g/mol. The number of hydrogen-bond donors (Lipinski definition) is 2. The molecule has 5 nitrogen and oxygen atoms in total. The fraction of sp³-hybridized carbons (Fsp3) is 0.0714. The van der Waals surface area contributed by atoms with Crippen LogP contribution in [0.3, 0.4) is 0 Å². The third-order valence-corrected chi connectivity index (χ3v) is 3.57. The topological polar surface area (TPSA) is 70.7 Å². The maximum Gasteiger partial charge on any atom is 0.257 e. The minimum absolute atomic E-state index is 0.234. The number of carbonyl (C=O) groups is 1. The number of aromatic nitrogens is 3. The molecule has 0 aliphatic carbocycles. The number of H-pyrrole nitrogens is 1. The van der Waals surface area contributed by atoms with Gasteiger partial charge in [0.1, 0.15) is 5.65 Å². The van der Waals surface area contributed by atoms with Crippen molar-refractivity contribution in [2.75, 3.05) is 5.32 Å². The molecule has 0 aliphatic heterocycles. The highest BCUT2D eigenvalue weighted by molar-refractivity contribution is 9.10. The van der Waals surface area contributed by atoms with E-state index in [0.717, 1.165) is 5.69 Å². The highest BCUT2D eigenvalue weighted by Crippen LogP contribution is 2.29. The van der Waals surface area contributed by atoms with Gasteiger partial charge in [-0.25, -0.2) is 9.37 Å². The fourth-order valence-corrected chi connectivity index (χ4v) is 2.23. The number of aryl methyl sites for hydroxylation is 1. The Morgan fingerprint density at radius 1 is 1.33 bits per heavy atom. The molecule has 0 saturated heterocycles. The predicted molar refractivity (Wildman–Crippen MR) is 80.7 cm³/mol. The van der Waals surface area contributed by atoms with Crippen molar-refractivity contribution >= 4 is 38.6 Å². The second-order valence-electron chi connectivity index (χ2n) is 4.49. The smallest absolute Gasteiger partial charge is 0.257 e. The molecule has 0 bridgehead atoms. The number of aromatic amines is 1. The van der Waals surface area contributed by atoms with Gasteiger partial charge < -0.3 is 10.3 Å². The van der Waals surface area contributed by atoms with Crippen molar-refractivity contribution in [1.82, 2.24) is 15.0 Å². The first kappa shape index (κ1) is 13.7. The lowest BCUT2D eigenvalue weighted by atomic mass is 10.2. The second kappa shape index (κ2) is 5.25. The molecular weight excluding hydrogens is 339 g/mol. The standard InChI is InChI=1S/C14H10BrFN4O/c1-7-2-3-8(4-17-7)14(21)20-10-6-19-13-11(10)12(16)9(15)5-18-13/h2-6H,1H3,(H,18,19)(H,20,21). The second-order valence-corrected chi connectivity index (χ2v) is 5.34. The number of halogens is 2. The number of anilines is 1. The number of hydrogen-bond acceptors (Lipinski definition) is 3. The van der Waals surface area contributed by atoms with Crippen molar-refractivity contribution in [3.05, 3.63) is 52.3 Å². The molecular formula is C14H10BrFN4O. The summed E-state index contributed by atoms with van der Waals surface area (Å²) in [6.45, 7) is 1.83. The van der Waals surface area contributed by atoms with Gasteiger partial charge in [0.25, 0.3) is 5.91 Å². The zero-order valence-electron chi connectivity index (χ0n) is 10.9. The number of nitrogens with one attached hydrogen (secondary N) is 2.